The average Bonchev–Trinajstić information content (AvgIpc) is 2.56. The van der Waals surface area contributed by atoms with E-state index in [1.807, 2.05) is 0 Å². The van der Waals surface area contributed by atoms with Gasteiger partial charge in [-0.15, -0.1) is 0 Å². The second-order valence-corrected chi connectivity index (χ2v) is 6.20. The Hall–Kier alpha value is -1.77. The van der Waals surface area contributed by atoms with Crippen molar-refractivity contribution in [2.75, 3.05) is 12.4 Å². The van der Waals surface area contributed by atoms with Crippen LogP contribution in [0.25, 0.3) is 32.3 Å². The van der Waals surface area contributed by atoms with Gasteiger partial charge in [-0.1, -0.05) is 42.5 Å². The van der Waals surface area contributed by atoms with E-state index in [1.165, 1.54) is 37.9 Å². The minimum absolute atomic E-state index is 0.671. The summed E-state index contributed by atoms with van der Waals surface area (Å²) >= 11 is 4.21. The Morgan fingerprint density at radius 2 is 1.36 bits per heavy atom. The molecule has 1 nitrogen and oxygen atoms in total. The van der Waals surface area contributed by atoms with Crippen LogP contribution in [0.5, 0.6) is 0 Å². The molecule has 0 aliphatic carbocycles. The van der Waals surface area contributed by atoms with E-state index in [-0.39, 0.29) is 0 Å². The fourth-order valence-corrected chi connectivity index (χ4v) is 3.39. The molecule has 0 aliphatic heterocycles. The van der Waals surface area contributed by atoms with Crippen LogP contribution in [0.2, 0.25) is 0 Å². The van der Waals surface area contributed by atoms with E-state index in [4.69, 9.17) is 4.74 Å². The van der Waals surface area contributed by atoms with Gasteiger partial charge in [0, 0.05) is 6.61 Å². The van der Waals surface area contributed by atoms with Gasteiger partial charge in [-0.05, 0) is 62.2 Å². The minimum Gasteiger partial charge on any atom is -0.377 e. The lowest BCUT2D eigenvalue weighted by Gasteiger charge is -2.12. The van der Waals surface area contributed by atoms with Gasteiger partial charge in [-0.3, -0.25) is 0 Å². The Morgan fingerprint density at radius 1 is 0.773 bits per heavy atom. The van der Waals surface area contributed by atoms with E-state index in [9.17, 15) is 0 Å². The first kappa shape index (κ1) is 13.9. The monoisotopic (exact) mass is 306 g/mol. The molecule has 4 rings (SSSR count). The highest BCUT2D eigenvalue weighted by Crippen LogP contribution is 2.35. The zero-order valence-electron chi connectivity index (χ0n) is 12.4. The number of ether oxygens (including phenoxy) is 1. The van der Waals surface area contributed by atoms with E-state index in [1.54, 1.807) is 0 Å². The Labute approximate surface area is 135 Å². The van der Waals surface area contributed by atoms with Crippen LogP contribution >= 0.6 is 12.6 Å². The van der Waals surface area contributed by atoms with Crippen molar-refractivity contribution < 1.29 is 4.74 Å². The molecule has 0 N–H and O–H groups in total. The van der Waals surface area contributed by atoms with Crippen LogP contribution in [0.3, 0.4) is 0 Å². The lowest BCUT2D eigenvalue weighted by molar-refractivity contribution is 0.122. The summed E-state index contributed by atoms with van der Waals surface area (Å²) in [4.78, 5) is 0. The maximum atomic E-state index is 5.74. The molecular formula is C20H18OS. The van der Waals surface area contributed by atoms with E-state index in [2.05, 4.69) is 67.2 Å². The lowest BCUT2D eigenvalue weighted by atomic mass is 9.93. The predicted octanol–water partition coefficient (Wildman–Crippen LogP) is 5.42. The molecule has 0 atom stereocenters. The first-order valence-electron chi connectivity index (χ1n) is 7.72. The van der Waals surface area contributed by atoms with Gasteiger partial charge in [0.15, 0.2) is 0 Å². The third kappa shape index (κ3) is 2.33. The molecule has 0 bridgehead atoms. The molecule has 2 heteroatoms. The molecule has 0 amide bonds. The van der Waals surface area contributed by atoms with Crippen molar-refractivity contribution in [2.45, 2.75) is 13.0 Å². The first-order chi connectivity index (χ1) is 10.9. The van der Waals surface area contributed by atoms with Crippen molar-refractivity contribution in [1.82, 2.24) is 0 Å². The normalized spacial score (nSPS) is 11.9. The van der Waals surface area contributed by atoms with Gasteiger partial charge in [0.2, 0.25) is 0 Å². The van der Waals surface area contributed by atoms with Crippen molar-refractivity contribution in [1.29, 1.82) is 0 Å². The van der Waals surface area contributed by atoms with Gasteiger partial charge in [0.05, 0.1) is 6.61 Å². The van der Waals surface area contributed by atoms with Gasteiger partial charge in [0.1, 0.15) is 0 Å². The Balaban J connectivity index is 1.83. The molecule has 0 saturated heterocycles. The number of rotatable bonds is 5. The third-order valence-corrected chi connectivity index (χ3v) is 4.55. The van der Waals surface area contributed by atoms with Crippen LogP contribution in [0.1, 0.15) is 12.0 Å². The molecule has 22 heavy (non-hydrogen) atoms. The Kier molecular flexibility index (Phi) is 3.65. The smallest absolute Gasteiger partial charge is 0.0717 e. The summed E-state index contributed by atoms with van der Waals surface area (Å²) in [5.41, 5.74) is 1.24. The first-order valence-corrected chi connectivity index (χ1v) is 8.35. The minimum atomic E-state index is 0.671. The van der Waals surface area contributed by atoms with Crippen molar-refractivity contribution >= 4 is 44.9 Å². The zero-order chi connectivity index (χ0) is 14.9. The SMILES string of the molecule is SCCCOCc1cc2ccc3cccc4ccc(c1)c2c34. The summed E-state index contributed by atoms with van der Waals surface area (Å²) in [7, 11) is 0. The van der Waals surface area contributed by atoms with Gasteiger partial charge in [-0.25, -0.2) is 0 Å². The highest BCUT2D eigenvalue weighted by atomic mass is 32.1. The van der Waals surface area contributed by atoms with Crippen LogP contribution in [0.15, 0.2) is 54.6 Å². The van der Waals surface area contributed by atoms with Crippen molar-refractivity contribution in [3.8, 4) is 0 Å². The maximum absolute atomic E-state index is 5.74. The van der Waals surface area contributed by atoms with Gasteiger partial charge in [-0.2, -0.15) is 12.6 Å². The number of benzene rings is 4. The standard InChI is InChI=1S/C20H18OS/c22-10-2-9-21-13-14-11-17-7-5-15-3-1-4-16-6-8-18(12-14)20(17)19(15)16/h1,3-8,11-12,22H,2,9-10,13H2. The van der Waals surface area contributed by atoms with E-state index >= 15 is 0 Å². The van der Waals surface area contributed by atoms with Crippen LogP contribution in [-0.2, 0) is 11.3 Å². The van der Waals surface area contributed by atoms with Crippen LogP contribution in [0.4, 0.5) is 0 Å². The molecule has 4 aromatic rings. The molecule has 110 valence electrons. The molecule has 4 aromatic carbocycles. The zero-order valence-corrected chi connectivity index (χ0v) is 13.3. The van der Waals surface area contributed by atoms with E-state index in [0.717, 1.165) is 18.8 Å². The fourth-order valence-electron chi connectivity index (χ4n) is 3.26. The molecule has 0 aromatic heterocycles. The summed E-state index contributed by atoms with van der Waals surface area (Å²) in [5.74, 6) is 0.875. The second kappa shape index (κ2) is 5.79. The molecule has 0 unspecified atom stereocenters. The number of hydrogen-bond acceptors (Lipinski definition) is 2. The second-order valence-electron chi connectivity index (χ2n) is 5.76. The maximum Gasteiger partial charge on any atom is 0.0717 e. The molecule has 0 aliphatic rings. The average molecular weight is 306 g/mol. The van der Waals surface area contributed by atoms with Crippen LogP contribution in [-0.4, -0.2) is 12.4 Å². The molecule has 0 radical (unpaired) electrons. The summed E-state index contributed by atoms with van der Waals surface area (Å²) in [6.45, 7) is 1.44. The van der Waals surface area contributed by atoms with E-state index < -0.39 is 0 Å². The predicted molar refractivity (Wildman–Crippen MR) is 98.3 cm³/mol. The topological polar surface area (TPSA) is 9.23 Å². The Morgan fingerprint density at radius 3 is 2.00 bits per heavy atom. The summed E-state index contributed by atoms with van der Waals surface area (Å²) < 4.78 is 5.74. The van der Waals surface area contributed by atoms with Crippen LogP contribution in [0, 0.1) is 0 Å². The Bertz CT molecular complexity index is 865. The largest absolute Gasteiger partial charge is 0.377 e. The highest BCUT2D eigenvalue weighted by molar-refractivity contribution is 7.80. The van der Waals surface area contributed by atoms with Crippen molar-refractivity contribution in [2.24, 2.45) is 0 Å². The van der Waals surface area contributed by atoms with Crippen LogP contribution < -0.4 is 0 Å². The summed E-state index contributed by atoms with van der Waals surface area (Å²) in [5, 5.41) is 7.97. The van der Waals surface area contributed by atoms with Gasteiger partial charge < -0.3 is 4.74 Å². The molecular weight excluding hydrogens is 288 g/mol. The van der Waals surface area contributed by atoms with Crippen molar-refractivity contribution in [3.63, 3.8) is 0 Å². The lowest BCUT2D eigenvalue weighted by Crippen LogP contribution is -1.96. The number of thiol groups is 1. The van der Waals surface area contributed by atoms with Gasteiger partial charge >= 0.3 is 0 Å². The molecule has 0 spiro atoms. The summed E-state index contributed by atoms with van der Waals surface area (Å²) in [6.07, 6.45) is 0.997. The fraction of sp³-hybridized carbons (Fsp3) is 0.200. The van der Waals surface area contributed by atoms with Crippen molar-refractivity contribution in [3.05, 3.63) is 60.2 Å². The molecule has 0 fully saturated rings. The molecule has 0 heterocycles. The number of hydrogen-bond donors (Lipinski definition) is 1. The third-order valence-electron chi connectivity index (χ3n) is 4.24. The van der Waals surface area contributed by atoms with E-state index in [0.29, 0.717) is 6.61 Å². The van der Waals surface area contributed by atoms with Gasteiger partial charge in [0.25, 0.3) is 0 Å². The summed E-state index contributed by atoms with van der Waals surface area (Å²) in [6, 6.07) is 19.9. The quantitative estimate of drug-likeness (QED) is 0.294. The highest BCUT2D eigenvalue weighted by Gasteiger charge is 2.08. The molecule has 0 saturated carbocycles.